The monoisotopic (exact) mass is 528 g/mol. The first kappa shape index (κ1) is 24.6. The van der Waals surface area contributed by atoms with Gasteiger partial charge < -0.3 is 5.73 Å². The molecule has 9 heteroatoms. The van der Waals surface area contributed by atoms with Gasteiger partial charge in [-0.3, -0.25) is 9.54 Å². The van der Waals surface area contributed by atoms with E-state index in [9.17, 15) is 13.0 Å². The van der Waals surface area contributed by atoms with Gasteiger partial charge in [-0.1, -0.05) is 65.7 Å². The van der Waals surface area contributed by atoms with Crippen LogP contribution in [0.4, 0.5) is 17.1 Å². The van der Waals surface area contributed by atoms with Gasteiger partial charge in [-0.05, 0) is 54.4 Å². The summed E-state index contributed by atoms with van der Waals surface area (Å²) >= 11 is 6.06. The maximum absolute atomic E-state index is 12.0. The fourth-order valence-electron chi connectivity index (χ4n) is 4.11. The number of halogens is 1. The van der Waals surface area contributed by atoms with Gasteiger partial charge in [0.15, 0.2) is 0 Å². The van der Waals surface area contributed by atoms with Gasteiger partial charge in [-0.2, -0.15) is 8.42 Å². The summed E-state index contributed by atoms with van der Waals surface area (Å²) in [4.78, 5) is 4.30. The van der Waals surface area contributed by atoms with E-state index >= 15 is 0 Å². The Labute approximate surface area is 219 Å². The van der Waals surface area contributed by atoms with Crippen LogP contribution in [0.5, 0.6) is 0 Å². The van der Waals surface area contributed by atoms with Crippen LogP contribution in [0.25, 0.3) is 33.2 Å². The number of pyridine rings is 1. The maximum Gasteiger partial charge on any atom is 0.295 e. The van der Waals surface area contributed by atoms with Crippen LogP contribution < -0.4 is 5.73 Å². The number of rotatable bonds is 5. The summed E-state index contributed by atoms with van der Waals surface area (Å²) in [7, 11) is -4.50. The average molecular weight is 529 g/mol. The number of nitrogens with two attached hydrogens (primary N) is 1. The minimum Gasteiger partial charge on any atom is -0.396 e. The van der Waals surface area contributed by atoms with E-state index in [2.05, 4.69) is 27.3 Å². The summed E-state index contributed by atoms with van der Waals surface area (Å²) in [6, 6.07) is 25.2. The lowest BCUT2D eigenvalue weighted by atomic mass is 9.95. The molecule has 0 bridgehead atoms. The van der Waals surface area contributed by atoms with E-state index in [-0.39, 0.29) is 16.3 Å². The Morgan fingerprint density at radius 1 is 0.865 bits per heavy atom. The van der Waals surface area contributed by atoms with E-state index in [1.807, 2.05) is 43.3 Å². The molecule has 0 aliphatic carbocycles. The second kappa shape index (κ2) is 9.74. The van der Waals surface area contributed by atoms with Gasteiger partial charge in [0.1, 0.15) is 16.3 Å². The molecule has 0 atom stereocenters. The maximum atomic E-state index is 12.0. The number of aromatic nitrogens is 1. The summed E-state index contributed by atoms with van der Waals surface area (Å²) in [5, 5.41) is 9.79. The molecule has 0 aliphatic heterocycles. The molecule has 7 nitrogen and oxygen atoms in total. The zero-order valence-electron chi connectivity index (χ0n) is 19.6. The number of hydrogen-bond donors (Lipinski definition) is 2. The summed E-state index contributed by atoms with van der Waals surface area (Å²) in [5.74, 6) is 0. The second-order valence-corrected chi connectivity index (χ2v) is 10.3. The summed E-state index contributed by atoms with van der Waals surface area (Å²) in [5.41, 5.74) is 11.9. The zero-order valence-corrected chi connectivity index (χ0v) is 21.2. The largest absolute Gasteiger partial charge is 0.396 e. The van der Waals surface area contributed by atoms with Crippen LogP contribution in [-0.4, -0.2) is 18.0 Å². The molecule has 1 heterocycles. The van der Waals surface area contributed by atoms with Crippen LogP contribution in [0.15, 0.2) is 106 Å². The third-order valence-corrected chi connectivity index (χ3v) is 7.08. The van der Waals surface area contributed by atoms with Crippen molar-refractivity contribution in [1.82, 2.24) is 4.98 Å². The molecular formula is C28H21ClN4O3S. The van der Waals surface area contributed by atoms with Gasteiger partial charge in [0.05, 0.1) is 17.6 Å². The number of anilines is 1. The van der Waals surface area contributed by atoms with Gasteiger partial charge in [0, 0.05) is 21.4 Å². The van der Waals surface area contributed by atoms with Crippen molar-refractivity contribution in [2.75, 3.05) is 5.73 Å². The molecule has 0 amide bonds. The van der Waals surface area contributed by atoms with E-state index in [1.165, 1.54) is 6.07 Å². The lowest BCUT2D eigenvalue weighted by molar-refractivity contribution is 0.484. The van der Waals surface area contributed by atoms with Gasteiger partial charge in [0.25, 0.3) is 10.1 Å². The first-order valence-corrected chi connectivity index (χ1v) is 13.1. The number of azo groups is 1. The first-order chi connectivity index (χ1) is 17.7. The van der Waals surface area contributed by atoms with Crippen molar-refractivity contribution in [3.05, 3.63) is 102 Å². The average Bonchev–Trinajstić information content (AvgIpc) is 2.88. The Kier molecular flexibility index (Phi) is 6.47. The predicted octanol–water partition coefficient (Wildman–Crippen LogP) is 7.77. The van der Waals surface area contributed by atoms with E-state index in [4.69, 9.17) is 17.3 Å². The van der Waals surface area contributed by atoms with E-state index in [0.717, 1.165) is 27.9 Å². The normalized spacial score (nSPS) is 11.9. The fourth-order valence-corrected chi connectivity index (χ4v) is 4.96. The summed E-state index contributed by atoms with van der Waals surface area (Å²) in [6.07, 6.45) is 1.58. The Morgan fingerprint density at radius 2 is 1.59 bits per heavy atom. The lowest BCUT2D eigenvalue weighted by Gasteiger charge is -2.11. The molecule has 0 radical (unpaired) electrons. The molecule has 3 N–H and O–H groups in total. The molecule has 0 fully saturated rings. The first-order valence-electron chi connectivity index (χ1n) is 11.2. The number of nitrogen functional groups attached to an aromatic ring is 1. The molecular weight excluding hydrogens is 508 g/mol. The highest BCUT2D eigenvalue weighted by Gasteiger charge is 2.18. The number of aryl methyl sites for hydroxylation is 1. The number of benzene rings is 4. The topological polar surface area (TPSA) is 118 Å². The molecule has 0 saturated carbocycles. The van der Waals surface area contributed by atoms with Gasteiger partial charge >= 0.3 is 0 Å². The Bertz CT molecular complexity index is 1770. The standard InChI is InChI=1S/C28H21ClN4O3S/c1-17-6-12-21(18-7-9-19(29)10-8-18)24(14-17)25-13-11-20(16-31-25)32-33-26-15-27(37(34,35)36)22-4-2-3-5-23(22)28(26)30/h2-16H,30H2,1H3,(H,34,35,36). The van der Waals surface area contributed by atoms with Crippen molar-refractivity contribution in [3.63, 3.8) is 0 Å². The number of fused-ring (bicyclic) bond motifs is 1. The van der Waals surface area contributed by atoms with Crippen molar-refractivity contribution in [2.45, 2.75) is 11.8 Å². The molecule has 1 aromatic heterocycles. The SMILES string of the molecule is Cc1ccc(-c2ccc(Cl)cc2)c(-c2ccc(N=Nc3cc(S(=O)(=O)O)c4ccccc4c3N)cn2)c1. The molecule has 0 unspecified atom stereocenters. The summed E-state index contributed by atoms with van der Waals surface area (Å²) in [6.45, 7) is 2.02. The van der Waals surface area contributed by atoms with Gasteiger partial charge in [0.2, 0.25) is 0 Å². The van der Waals surface area contributed by atoms with Crippen LogP contribution >= 0.6 is 11.6 Å². The van der Waals surface area contributed by atoms with Crippen molar-refractivity contribution in [3.8, 4) is 22.4 Å². The van der Waals surface area contributed by atoms with Crippen molar-refractivity contribution < 1.29 is 13.0 Å². The number of hydrogen-bond acceptors (Lipinski definition) is 6. The van der Waals surface area contributed by atoms with Crippen molar-refractivity contribution in [2.24, 2.45) is 10.2 Å². The molecule has 4 aromatic carbocycles. The Balaban J connectivity index is 1.51. The van der Waals surface area contributed by atoms with Crippen LogP contribution in [0.1, 0.15) is 5.56 Å². The highest BCUT2D eigenvalue weighted by molar-refractivity contribution is 7.86. The van der Waals surface area contributed by atoms with Gasteiger partial charge in [-0.25, -0.2) is 0 Å². The highest BCUT2D eigenvalue weighted by Crippen LogP contribution is 2.37. The smallest absolute Gasteiger partial charge is 0.295 e. The Morgan fingerprint density at radius 3 is 2.27 bits per heavy atom. The fraction of sp³-hybridized carbons (Fsp3) is 0.0357. The van der Waals surface area contributed by atoms with E-state index in [0.29, 0.717) is 21.5 Å². The third-order valence-electron chi connectivity index (χ3n) is 5.93. The summed E-state index contributed by atoms with van der Waals surface area (Å²) < 4.78 is 33.6. The third kappa shape index (κ3) is 5.08. The lowest BCUT2D eigenvalue weighted by Crippen LogP contribution is -2.01. The van der Waals surface area contributed by atoms with Crippen LogP contribution in [0.2, 0.25) is 5.02 Å². The van der Waals surface area contributed by atoms with Crippen LogP contribution in [-0.2, 0) is 10.1 Å². The Hall–Kier alpha value is -4.11. The van der Waals surface area contributed by atoms with E-state index < -0.39 is 10.1 Å². The molecule has 0 spiro atoms. The molecule has 37 heavy (non-hydrogen) atoms. The van der Waals surface area contributed by atoms with Crippen LogP contribution in [0, 0.1) is 6.92 Å². The minimum atomic E-state index is -4.50. The van der Waals surface area contributed by atoms with Crippen molar-refractivity contribution >= 4 is 49.6 Å². The molecule has 184 valence electrons. The molecule has 5 rings (SSSR count). The van der Waals surface area contributed by atoms with Crippen LogP contribution in [0.3, 0.4) is 0 Å². The number of nitrogens with zero attached hydrogens (tertiary/aromatic N) is 3. The van der Waals surface area contributed by atoms with Crippen molar-refractivity contribution in [1.29, 1.82) is 0 Å². The van der Waals surface area contributed by atoms with Gasteiger partial charge in [-0.15, -0.1) is 10.2 Å². The van der Waals surface area contributed by atoms with E-state index in [1.54, 1.807) is 36.5 Å². The molecule has 0 saturated heterocycles. The molecule has 0 aliphatic rings. The quantitative estimate of drug-likeness (QED) is 0.137. The predicted molar refractivity (Wildman–Crippen MR) is 147 cm³/mol. The molecule has 5 aromatic rings. The highest BCUT2D eigenvalue weighted by atomic mass is 35.5. The minimum absolute atomic E-state index is 0.124. The second-order valence-electron chi connectivity index (χ2n) is 8.49. The zero-order chi connectivity index (χ0) is 26.2.